The predicted octanol–water partition coefficient (Wildman–Crippen LogP) is 1.34. The zero-order valence-electron chi connectivity index (χ0n) is 9.06. The predicted molar refractivity (Wildman–Crippen MR) is 65.5 cm³/mol. The number of nitrogens with two attached hydrogens (primary N) is 1. The van der Waals surface area contributed by atoms with Crippen molar-refractivity contribution in [3.05, 3.63) is 0 Å². The molecule has 3 N–H and O–H groups in total. The van der Waals surface area contributed by atoms with E-state index in [1.807, 2.05) is 0 Å². The fraction of sp³-hybridized carbons (Fsp3) is 0.667. The largest absolute Gasteiger partial charge is 0.382 e. The molecule has 0 radical (unpaired) electrons. The minimum absolute atomic E-state index is 0.101. The summed E-state index contributed by atoms with van der Waals surface area (Å²) in [5.74, 6) is 0.763. The molecule has 0 atom stereocenters. The molecule has 0 saturated heterocycles. The average Bonchev–Trinajstić information content (AvgIpc) is 2.43. The van der Waals surface area contributed by atoms with E-state index in [-0.39, 0.29) is 10.7 Å². The van der Waals surface area contributed by atoms with E-state index in [1.165, 1.54) is 19.3 Å². The molecule has 90 valence electrons. The molecular weight excluding hydrogens is 246 g/mol. The van der Waals surface area contributed by atoms with Gasteiger partial charge in [-0.3, -0.25) is 0 Å². The number of nitrogens with one attached hydrogen (secondary N) is 1. The number of nitrogens with zero attached hydrogens (tertiary/aromatic N) is 1. The summed E-state index contributed by atoms with van der Waals surface area (Å²) in [5.41, 5.74) is 5.56. The molecule has 5 nitrogen and oxygen atoms in total. The third kappa shape index (κ3) is 2.30. The quantitative estimate of drug-likeness (QED) is 0.854. The van der Waals surface area contributed by atoms with Crippen LogP contribution in [0.5, 0.6) is 0 Å². The van der Waals surface area contributed by atoms with Crippen LogP contribution in [0.15, 0.2) is 4.90 Å². The molecule has 1 aromatic heterocycles. The van der Waals surface area contributed by atoms with Gasteiger partial charge >= 0.3 is 0 Å². The van der Waals surface area contributed by atoms with E-state index in [2.05, 4.69) is 9.69 Å². The van der Waals surface area contributed by atoms with Gasteiger partial charge in [-0.1, -0.05) is 6.42 Å². The number of hydrogen-bond acceptors (Lipinski definition) is 6. The Kier molecular flexibility index (Phi) is 3.07. The minimum atomic E-state index is -3.30. The van der Waals surface area contributed by atoms with E-state index in [4.69, 9.17) is 5.73 Å². The van der Waals surface area contributed by atoms with Gasteiger partial charge in [0, 0.05) is 12.8 Å². The van der Waals surface area contributed by atoms with Crippen LogP contribution in [0, 0.1) is 5.92 Å². The summed E-state index contributed by atoms with van der Waals surface area (Å²) in [6.45, 7) is 0.810. The molecule has 1 saturated carbocycles. The molecule has 16 heavy (non-hydrogen) atoms. The maximum atomic E-state index is 11.5. The molecule has 1 aliphatic rings. The first-order valence-corrected chi connectivity index (χ1v) is 7.84. The Morgan fingerprint density at radius 3 is 2.75 bits per heavy atom. The van der Waals surface area contributed by atoms with Crippen molar-refractivity contribution in [1.82, 2.24) is 4.37 Å². The number of aromatic nitrogens is 1. The van der Waals surface area contributed by atoms with E-state index in [1.54, 1.807) is 0 Å². The first kappa shape index (κ1) is 11.7. The van der Waals surface area contributed by atoms with E-state index in [0.29, 0.717) is 10.9 Å². The number of rotatable bonds is 4. The van der Waals surface area contributed by atoms with Crippen molar-refractivity contribution in [2.24, 2.45) is 5.92 Å². The minimum Gasteiger partial charge on any atom is -0.382 e. The van der Waals surface area contributed by atoms with Crippen LogP contribution in [-0.2, 0) is 9.84 Å². The van der Waals surface area contributed by atoms with Gasteiger partial charge in [0.15, 0.2) is 15.7 Å². The third-order valence-electron chi connectivity index (χ3n) is 2.82. The molecule has 0 unspecified atom stereocenters. The summed E-state index contributed by atoms with van der Waals surface area (Å²) in [5, 5.41) is 3.72. The second-order valence-corrected chi connectivity index (χ2v) is 6.90. The Morgan fingerprint density at radius 2 is 2.25 bits per heavy atom. The molecule has 2 rings (SSSR count). The molecule has 0 aromatic carbocycles. The molecular formula is C9H15N3O2S2. The monoisotopic (exact) mass is 261 g/mol. The van der Waals surface area contributed by atoms with Crippen molar-refractivity contribution in [2.45, 2.75) is 24.2 Å². The van der Waals surface area contributed by atoms with Crippen molar-refractivity contribution in [1.29, 1.82) is 0 Å². The summed E-state index contributed by atoms with van der Waals surface area (Å²) in [6, 6.07) is 0. The van der Waals surface area contributed by atoms with E-state index < -0.39 is 9.84 Å². The highest BCUT2D eigenvalue weighted by Crippen LogP contribution is 2.33. The van der Waals surface area contributed by atoms with Crippen molar-refractivity contribution < 1.29 is 8.42 Å². The Balaban J connectivity index is 2.14. The second-order valence-electron chi connectivity index (χ2n) is 4.18. The summed E-state index contributed by atoms with van der Waals surface area (Å²) >= 11 is 1.11. The SMILES string of the molecule is CS(=O)(=O)c1c(N)nsc1NCC1CCC1. The van der Waals surface area contributed by atoms with Crippen LogP contribution in [0.3, 0.4) is 0 Å². The number of sulfone groups is 1. The van der Waals surface area contributed by atoms with Crippen LogP contribution >= 0.6 is 11.5 Å². The standard InChI is InChI=1S/C9H15N3O2S2/c1-16(13,14)7-8(10)12-15-9(7)11-5-6-3-2-4-6/h6,11H,2-5H2,1H3,(H2,10,12). The van der Waals surface area contributed by atoms with E-state index >= 15 is 0 Å². The fourth-order valence-corrected chi connectivity index (χ4v) is 3.77. The van der Waals surface area contributed by atoms with Gasteiger partial charge in [-0.05, 0) is 30.3 Å². The van der Waals surface area contributed by atoms with E-state index in [9.17, 15) is 8.42 Å². The molecule has 0 amide bonds. The first-order valence-electron chi connectivity index (χ1n) is 5.17. The van der Waals surface area contributed by atoms with Crippen LogP contribution < -0.4 is 11.1 Å². The lowest BCUT2D eigenvalue weighted by Crippen LogP contribution is -2.21. The van der Waals surface area contributed by atoms with Gasteiger partial charge in [0.2, 0.25) is 0 Å². The van der Waals surface area contributed by atoms with Crippen LogP contribution in [0.2, 0.25) is 0 Å². The van der Waals surface area contributed by atoms with Crippen LogP contribution in [0.1, 0.15) is 19.3 Å². The normalized spacial score (nSPS) is 17.1. The summed E-state index contributed by atoms with van der Waals surface area (Å²) in [7, 11) is -3.30. The zero-order chi connectivity index (χ0) is 11.8. The van der Waals surface area contributed by atoms with Crippen LogP contribution in [-0.4, -0.2) is 25.6 Å². The number of anilines is 2. The molecule has 0 aliphatic heterocycles. The van der Waals surface area contributed by atoms with Gasteiger partial charge in [0.25, 0.3) is 0 Å². The Bertz CT molecular complexity index is 477. The number of hydrogen-bond donors (Lipinski definition) is 2. The van der Waals surface area contributed by atoms with Crippen molar-refractivity contribution >= 4 is 32.2 Å². The van der Waals surface area contributed by atoms with Gasteiger partial charge < -0.3 is 11.1 Å². The summed E-state index contributed by atoms with van der Waals surface area (Å²) in [4.78, 5) is 0.150. The highest BCUT2D eigenvalue weighted by Gasteiger charge is 2.23. The van der Waals surface area contributed by atoms with Gasteiger partial charge in [0.05, 0.1) is 0 Å². The molecule has 0 bridgehead atoms. The summed E-state index contributed by atoms with van der Waals surface area (Å²) < 4.78 is 26.9. The smallest absolute Gasteiger partial charge is 0.182 e. The van der Waals surface area contributed by atoms with E-state index in [0.717, 1.165) is 24.3 Å². The summed E-state index contributed by atoms with van der Waals surface area (Å²) in [6.07, 6.45) is 4.86. The molecule has 1 aromatic rings. The molecule has 1 fully saturated rings. The first-order chi connectivity index (χ1) is 7.48. The topological polar surface area (TPSA) is 85.1 Å². The average molecular weight is 261 g/mol. The van der Waals surface area contributed by atoms with Gasteiger partial charge in [-0.2, -0.15) is 4.37 Å². The third-order valence-corrected chi connectivity index (χ3v) is 4.92. The van der Waals surface area contributed by atoms with Gasteiger partial charge in [-0.15, -0.1) is 0 Å². The lowest BCUT2D eigenvalue weighted by Gasteiger charge is -2.25. The van der Waals surface area contributed by atoms with Gasteiger partial charge in [-0.25, -0.2) is 8.42 Å². The lowest BCUT2D eigenvalue weighted by atomic mass is 9.85. The van der Waals surface area contributed by atoms with Crippen molar-refractivity contribution in [2.75, 3.05) is 23.9 Å². The van der Waals surface area contributed by atoms with Crippen LogP contribution in [0.25, 0.3) is 0 Å². The van der Waals surface area contributed by atoms with Crippen molar-refractivity contribution in [3.63, 3.8) is 0 Å². The van der Waals surface area contributed by atoms with Gasteiger partial charge in [0.1, 0.15) is 9.90 Å². The fourth-order valence-electron chi connectivity index (χ4n) is 1.70. The maximum Gasteiger partial charge on any atom is 0.182 e. The molecule has 7 heteroatoms. The second kappa shape index (κ2) is 4.21. The highest BCUT2D eigenvalue weighted by molar-refractivity contribution is 7.91. The molecule has 1 heterocycles. The zero-order valence-corrected chi connectivity index (χ0v) is 10.7. The molecule has 1 aliphatic carbocycles. The lowest BCUT2D eigenvalue weighted by molar-refractivity contribution is 0.333. The Labute approximate surface area is 99.1 Å². The van der Waals surface area contributed by atoms with Crippen LogP contribution in [0.4, 0.5) is 10.8 Å². The Morgan fingerprint density at radius 1 is 1.56 bits per heavy atom. The molecule has 0 spiro atoms. The highest BCUT2D eigenvalue weighted by atomic mass is 32.2. The maximum absolute atomic E-state index is 11.5. The number of nitrogen functional groups attached to an aromatic ring is 1. The van der Waals surface area contributed by atoms with Crippen molar-refractivity contribution in [3.8, 4) is 0 Å². The Hall–Kier alpha value is -0.820.